The number of halogens is 1. The highest BCUT2D eigenvalue weighted by Crippen LogP contribution is 2.25. The maximum atomic E-state index is 12.5. The highest BCUT2D eigenvalue weighted by molar-refractivity contribution is 6.32. The van der Waals surface area contributed by atoms with Crippen LogP contribution in [0, 0.1) is 0 Å². The Labute approximate surface area is 166 Å². The number of amides is 1. The fraction of sp³-hybridized carbons (Fsp3) is 0.409. The van der Waals surface area contributed by atoms with Crippen molar-refractivity contribution in [1.29, 1.82) is 0 Å². The quantitative estimate of drug-likeness (QED) is 0.727. The van der Waals surface area contributed by atoms with Crippen molar-refractivity contribution in [3.05, 3.63) is 64.7 Å². The van der Waals surface area contributed by atoms with E-state index < -0.39 is 0 Å². The van der Waals surface area contributed by atoms with Gasteiger partial charge in [0.25, 0.3) is 0 Å². The second-order valence-electron chi connectivity index (χ2n) is 6.93. The van der Waals surface area contributed by atoms with E-state index in [0.29, 0.717) is 23.6 Å². The summed E-state index contributed by atoms with van der Waals surface area (Å²) in [4.78, 5) is 16.9. The number of aryl methyl sites for hydroxylation is 1. The first kappa shape index (κ1) is 19.7. The molecule has 0 unspecified atom stereocenters. The second kappa shape index (κ2) is 9.77. The third-order valence-electron chi connectivity index (χ3n) is 5.13. The number of piperazine rings is 1. The van der Waals surface area contributed by atoms with Crippen LogP contribution in [0.25, 0.3) is 0 Å². The summed E-state index contributed by atoms with van der Waals surface area (Å²) >= 11 is 6.16. The predicted octanol–water partition coefficient (Wildman–Crippen LogP) is 3.67. The van der Waals surface area contributed by atoms with E-state index in [-0.39, 0.29) is 5.91 Å². The summed E-state index contributed by atoms with van der Waals surface area (Å²) in [5.41, 5.74) is 2.44. The molecule has 144 valence electrons. The first-order valence-corrected chi connectivity index (χ1v) is 9.90. The first-order valence-electron chi connectivity index (χ1n) is 9.52. The smallest absolute Gasteiger partial charge is 0.222 e. The molecule has 27 heavy (non-hydrogen) atoms. The monoisotopic (exact) mass is 386 g/mol. The van der Waals surface area contributed by atoms with Gasteiger partial charge in [0.1, 0.15) is 5.75 Å². The van der Waals surface area contributed by atoms with Crippen molar-refractivity contribution in [3.8, 4) is 5.75 Å². The summed E-state index contributed by atoms with van der Waals surface area (Å²) in [7, 11) is 1.60. The van der Waals surface area contributed by atoms with Gasteiger partial charge in [-0.2, -0.15) is 0 Å². The third-order valence-corrected chi connectivity index (χ3v) is 5.42. The van der Waals surface area contributed by atoms with Crippen molar-refractivity contribution in [2.45, 2.75) is 19.3 Å². The first-order chi connectivity index (χ1) is 13.2. The third kappa shape index (κ3) is 5.72. The molecule has 5 heteroatoms. The highest BCUT2D eigenvalue weighted by Gasteiger charge is 2.20. The van der Waals surface area contributed by atoms with Crippen LogP contribution in [0.3, 0.4) is 0 Å². The van der Waals surface area contributed by atoms with Crippen molar-refractivity contribution in [3.63, 3.8) is 0 Å². The van der Waals surface area contributed by atoms with Gasteiger partial charge in [0.15, 0.2) is 0 Å². The summed E-state index contributed by atoms with van der Waals surface area (Å²) < 4.78 is 5.17. The van der Waals surface area contributed by atoms with Crippen molar-refractivity contribution < 1.29 is 9.53 Å². The molecule has 1 amide bonds. The van der Waals surface area contributed by atoms with Gasteiger partial charge >= 0.3 is 0 Å². The van der Waals surface area contributed by atoms with Crippen LogP contribution in [-0.4, -0.2) is 55.5 Å². The van der Waals surface area contributed by atoms with Gasteiger partial charge in [-0.3, -0.25) is 9.69 Å². The average molecular weight is 387 g/mol. The van der Waals surface area contributed by atoms with E-state index in [2.05, 4.69) is 29.2 Å². The van der Waals surface area contributed by atoms with E-state index >= 15 is 0 Å². The maximum Gasteiger partial charge on any atom is 0.222 e. The minimum Gasteiger partial charge on any atom is -0.495 e. The minimum absolute atomic E-state index is 0.227. The van der Waals surface area contributed by atoms with E-state index in [1.165, 1.54) is 5.56 Å². The number of methoxy groups -OCH3 is 1. The predicted molar refractivity (Wildman–Crippen MR) is 109 cm³/mol. The molecule has 2 aromatic carbocycles. The molecule has 3 rings (SSSR count). The molecule has 0 bridgehead atoms. The van der Waals surface area contributed by atoms with Gasteiger partial charge in [-0.25, -0.2) is 0 Å². The maximum absolute atomic E-state index is 12.5. The lowest BCUT2D eigenvalue weighted by molar-refractivity contribution is -0.132. The standard InChI is InChI=1S/C22H27ClN2O2/c1-27-21-9-7-19(17-20(21)23)8-10-22(26)25-15-13-24(14-16-25)12-11-18-5-3-2-4-6-18/h2-7,9,17H,8,10-16H2,1H3. The molecule has 1 saturated heterocycles. The number of carbonyl (C=O) groups excluding carboxylic acids is 1. The van der Waals surface area contributed by atoms with Crippen molar-refractivity contribution in [2.75, 3.05) is 39.8 Å². The Kier molecular flexibility index (Phi) is 7.13. The van der Waals surface area contributed by atoms with Gasteiger partial charge in [-0.05, 0) is 36.1 Å². The van der Waals surface area contributed by atoms with Crippen LogP contribution in [-0.2, 0) is 17.6 Å². The van der Waals surface area contributed by atoms with Gasteiger partial charge in [0.05, 0.1) is 12.1 Å². The van der Waals surface area contributed by atoms with Gasteiger partial charge in [0.2, 0.25) is 5.91 Å². The molecule has 0 aromatic heterocycles. The average Bonchev–Trinajstić information content (AvgIpc) is 2.72. The molecule has 0 atom stereocenters. The van der Waals surface area contributed by atoms with Crippen LogP contribution < -0.4 is 4.74 Å². The zero-order valence-corrected chi connectivity index (χ0v) is 16.6. The van der Waals surface area contributed by atoms with E-state index in [1.54, 1.807) is 7.11 Å². The Morgan fingerprint density at radius 2 is 1.74 bits per heavy atom. The number of benzene rings is 2. The normalized spacial score (nSPS) is 15.0. The number of hydrogen-bond donors (Lipinski definition) is 0. The zero-order chi connectivity index (χ0) is 19.1. The molecule has 1 aliphatic rings. The summed E-state index contributed by atoms with van der Waals surface area (Å²) in [5.74, 6) is 0.892. The Morgan fingerprint density at radius 1 is 1.00 bits per heavy atom. The van der Waals surface area contributed by atoms with Gasteiger partial charge in [-0.15, -0.1) is 0 Å². The van der Waals surface area contributed by atoms with Gasteiger partial charge < -0.3 is 9.64 Å². The second-order valence-corrected chi connectivity index (χ2v) is 7.33. The molecule has 0 spiro atoms. The van der Waals surface area contributed by atoms with E-state index in [9.17, 15) is 4.79 Å². The number of ether oxygens (including phenoxy) is 1. The fourth-order valence-corrected chi connectivity index (χ4v) is 3.71. The highest BCUT2D eigenvalue weighted by atomic mass is 35.5. The molecule has 0 aliphatic carbocycles. The number of rotatable bonds is 7. The van der Waals surface area contributed by atoms with Gasteiger partial charge in [0, 0.05) is 39.1 Å². The van der Waals surface area contributed by atoms with Gasteiger partial charge in [-0.1, -0.05) is 48.0 Å². The number of nitrogens with zero attached hydrogens (tertiary/aromatic N) is 2. The number of carbonyl (C=O) groups is 1. The molecule has 0 saturated carbocycles. The Hall–Kier alpha value is -2.04. The zero-order valence-electron chi connectivity index (χ0n) is 15.9. The molecule has 1 aliphatic heterocycles. The Bertz CT molecular complexity index is 743. The van der Waals surface area contributed by atoms with E-state index in [0.717, 1.165) is 44.7 Å². The topological polar surface area (TPSA) is 32.8 Å². The lowest BCUT2D eigenvalue weighted by Crippen LogP contribution is -2.49. The summed E-state index contributed by atoms with van der Waals surface area (Å²) in [5, 5.41) is 0.592. The van der Waals surface area contributed by atoms with Crippen LogP contribution in [0.4, 0.5) is 0 Å². The minimum atomic E-state index is 0.227. The molecule has 0 N–H and O–H groups in total. The van der Waals surface area contributed by atoms with Crippen LogP contribution in [0.2, 0.25) is 5.02 Å². The summed E-state index contributed by atoms with van der Waals surface area (Å²) in [6.07, 6.45) is 2.29. The van der Waals surface area contributed by atoms with Crippen molar-refractivity contribution >= 4 is 17.5 Å². The van der Waals surface area contributed by atoms with Crippen molar-refractivity contribution in [2.24, 2.45) is 0 Å². The summed E-state index contributed by atoms with van der Waals surface area (Å²) in [6.45, 7) is 4.59. The molecule has 2 aromatic rings. The lowest BCUT2D eigenvalue weighted by atomic mass is 10.1. The molecular formula is C22H27ClN2O2. The van der Waals surface area contributed by atoms with E-state index in [4.69, 9.17) is 16.3 Å². The van der Waals surface area contributed by atoms with Crippen molar-refractivity contribution in [1.82, 2.24) is 9.80 Å². The Balaban J connectivity index is 1.40. The fourth-order valence-electron chi connectivity index (χ4n) is 3.43. The largest absolute Gasteiger partial charge is 0.495 e. The lowest BCUT2D eigenvalue weighted by Gasteiger charge is -2.34. The molecule has 1 heterocycles. The van der Waals surface area contributed by atoms with Crippen LogP contribution in [0.15, 0.2) is 48.5 Å². The summed E-state index contributed by atoms with van der Waals surface area (Å²) in [6, 6.07) is 16.3. The van der Waals surface area contributed by atoms with Crippen LogP contribution in [0.5, 0.6) is 5.75 Å². The molecular weight excluding hydrogens is 360 g/mol. The van der Waals surface area contributed by atoms with E-state index in [1.807, 2.05) is 29.2 Å². The molecule has 0 radical (unpaired) electrons. The van der Waals surface area contributed by atoms with Crippen LogP contribution in [0.1, 0.15) is 17.5 Å². The number of hydrogen-bond acceptors (Lipinski definition) is 3. The molecule has 1 fully saturated rings. The van der Waals surface area contributed by atoms with Crippen LogP contribution >= 0.6 is 11.6 Å². The molecule has 4 nitrogen and oxygen atoms in total. The Morgan fingerprint density at radius 3 is 2.41 bits per heavy atom. The SMILES string of the molecule is COc1ccc(CCC(=O)N2CCN(CCc3ccccc3)CC2)cc1Cl.